The van der Waals surface area contributed by atoms with Gasteiger partial charge in [0.25, 0.3) is 5.95 Å². The van der Waals surface area contributed by atoms with E-state index in [2.05, 4.69) is 30.4 Å². The fourth-order valence-corrected chi connectivity index (χ4v) is 1.73. The van der Waals surface area contributed by atoms with Gasteiger partial charge in [0.15, 0.2) is 0 Å². The van der Waals surface area contributed by atoms with Crippen molar-refractivity contribution in [3.8, 4) is 5.95 Å². The lowest BCUT2D eigenvalue weighted by Crippen LogP contribution is -2.34. The Hall–Kier alpha value is -2.33. The number of nitrogens with two attached hydrogens (primary N) is 1. The average Bonchev–Trinajstić information content (AvgIpc) is 3.00. The van der Waals surface area contributed by atoms with E-state index in [9.17, 15) is 0 Å². The molecular weight excluding hydrogens is 264 g/mol. The first-order valence-corrected chi connectivity index (χ1v) is 6.11. The van der Waals surface area contributed by atoms with Gasteiger partial charge in [-0.25, -0.2) is 4.98 Å². The third-order valence-corrected chi connectivity index (χ3v) is 2.64. The van der Waals surface area contributed by atoms with Crippen LogP contribution < -0.4 is 11.1 Å². The molecule has 1 aliphatic rings. The summed E-state index contributed by atoms with van der Waals surface area (Å²) in [6.45, 7) is 2.30. The zero-order valence-electron chi connectivity index (χ0n) is 10.6. The Labute approximate surface area is 114 Å². The molecule has 0 bridgehead atoms. The van der Waals surface area contributed by atoms with Crippen molar-refractivity contribution in [1.82, 2.24) is 29.7 Å². The molecule has 3 N–H and O–H groups in total. The van der Waals surface area contributed by atoms with E-state index in [4.69, 9.17) is 15.2 Å². The standard InChI is InChI=1S/C10H14N8O2/c11-8-15-9(13-3-7-4-19-1-2-20-7)17-10(16-8)18-6-12-5-14-18/h5-7H,1-4H2,(H3,11,13,15,16,17). The minimum Gasteiger partial charge on any atom is -0.376 e. The Morgan fingerprint density at radius 1 is 1.35 bits per heavy atom. The molecule has 0 aromatic carbocycles. The second-order valence-electron chi connectivity index (χ2n) is 4.11. The molecule has 3 heterocycles. The Bertz CT molecular complexity index is 554. The molecule has 10 nitrogen and oxygen atoms in total. The van der Waals surface area contributed by atoms with Gasteiger partial charge in [-0.3, -0.25) is 0 Å². The van der Waals surface area contributed by atoms with E-state index < -0.39 is 0 Å². The van der Waals surface area contributed by atoms with Crippen LogP contribution in [0.3, 0.4) is 0 Å². The van der Waals surface area contributed by atoms with E-state index in [1.807, 2.05) is 0 Å². The van der Waals surface area contributed by atoms with Gasteiger partial charge in [0, 0.05) is 6.54 Å². The average molecular weight is 278 g/mol. The molecule has 1 saturated heterocycles. The van der Waals surface area contributed by atoms with E-state index >= 15 is 0 Å². The maximum absolute atomic E-state index is 5.65. The van der Waals surface area contributed by atoms with Gasteiger partial charge >= 0.3 is 0 Å². The molecule has 0 aliphatic carbocycles. The number of ether oxygens (including phenoxy) is 2. The molecule has 0 amide bonds. The Balaban J connectivity index is 1.69. The van der Waals surface area contributed by atoms with Crippen molar-refractivity contribution in [2.45, 2.75) is 6.10 Å². The van der Waals surface area contributed by atoms with E-state index in [1.165, 1.54) is 17.3 Å². The molecule has 10 heteroatoms. The lowest BCUT2D eigenvalue weighted by atomic mass is 10.3. The van der Waals surface area contributed by atoms with Crippen molar-refractivity contribution >= 4 is 11.9 Å². The van der Waals surface area contributed by atoms with Crippen LogP contribution in [-0.2, 0) is 9.47 Å². The van der Waals surface area contributed by atoms with Crippen LogP contribution in [0, 0.1) is 0 Å². The number of aromatic nitrogens is 6. The summed E-state index contributed by atoms with van der Waals surface area (Å²) in [4.78, 5) is 16.0. The molecule has 1 atom stereocenters. The molecule has 0 saturated carbocycles. The van der Waals surface area contributed by atoms with Gasteiger partial charge < -0.3 is 20.5 Å². The number of nitrogen functional groups attached to an aromatic ring is 1. The summed E-state index contributed by atoms with van der Waals surface area (Å²) in [6, 6.07) is 0. The predicted molar refractivity (Wildman–Crippen MR) is 68.2 cm³/mol. The minimum absolute atomic E-state index is 0.0310. The summed E-state index contributed by atoms with van der Waals surface area (Å²) in [5, 5.41) is 6.99. The topological polar surface area (TPSA) is 126 Å². The van der Waals surface area contributed by atoms with Crippen LogP contribution in [0.5, 0.6) is 0 Å². The van der Waals surface area contributed by atoms with Crippen molar-refractivity contribution < 1.29 is 9.47 Å². The van der Waals surface area contributed by atoms with Gasteiger partial charge in [0.05, 0.1) is 25.9 Å². The Kier molecular flexibility index (Phi) is 3.65. The maximum atomic E-state index is 5.65. The van der Waals surface area contributed by atoms with Gasteiger partial charge in [-0.15, -0.1) is 0 Å². The molecule has 20 heavy (non-hydrogen) atoms. The molecule has 2 aromatic rings. The van der Waals surface area contributed by atoms with Crippen molar-refractivity contribution in [2.24, 2.45) is 0 Å². The minimum atomic E-state index is -0.0310. The fraction of sp³-hybridized carbons (Fsp3) is 0.500. The van der Waals surface area contributed by atoms with Crippen molar-refractivity contribution in [1.29, 1.82) is 0 Å². The summed E-state index contributed by atoms with van der Waals surface area (Å²) in [5.41, 5.74) is 5.65. The molecule has 2 aromatic heterocycles. The van der Waals surface area contributed by atoms with Gasteiger partial charge in [0.2, 0.25) is 11.9 Å². The van der Waals surface area contributed by atoms with Crippen molar-refractivity contribution in [3.05, 3.63) is 12.7 Å². The van der Waals surface area contributed by atoms with Crippen molar-refractivity contribution in [2.75, 3.05) is 37.4 Å². The van der Waals surface area contributed by atoms with E-state index in [0.29, 0.717) is 38.3 Å². The van der Waals surface area contributed by atoms with Gasteiger partial charge in [-0.1, -0.05) is 0 Å². The van der Waals surface area contributed by atoms with E-state index in [0.717, 1.165) is 0 Å². The normalized spacial score (nSPS) is 18.9. The molecule has 0 spiro atoms. The molecule has 3 rings (SSSR count). The van der Waals surface area contributed by atoms with Gasteiger partial charge in [-0.05, 0) is 0 Å². The zero-order chi connectivity index (χ0) is 13.8. The first kappa shape index (κ1) is 12.7. The Morgan fingerprint density at radius 3 is 3.05 bits per heavy atom. The number of nitrogens with one attached hydrogen (secondary N) is 1. The van der Waals surface area contributed by atoms with Crippen LogP contribution in [0.2, 0.25) is 0 Å². The summed E-state index contributed by atoms with van der Waals surface area (Å²) < 4.78 is 12.2. The smallest absolute Gasteiger partial charge is 0.258 e. The van der Waals surface area contributed by atoms with Crippen LogP contribution in [0.15, 0.2) is 12.7 Å². The van der Waals surface area contributed by atoms with Crippen LogP contribution in [-0.4, -0.2) is 62.2 Å². The molecule has 1 fully saturated rings. The highest BCUT2D eigenvalue weighted by Crippen LogP contribution is 2.07. The molecule has 0 radical (unpaired) electrons. The summed E-state index contributed by atoms with van der Waals surface area (Å²) in [7, 11) is 0. The highest BCUT2D eigenvalue weighted by Gasteiger charge is 2.15. The lowest BCUT2D eigenvalue weighted by Gasteiger charge is -2.23. The quantitative estimate of drug-likeness (QED) is 0.713. The summed E-state index contributed by atoms with van der Waals surface area (Å²) >= 11 is 0. The largest absolute Gasteiger partial charge is 0.376 e. The van der Waals surface area contributed by atoms with Crippen LogP contribution >= 0.6 is 0 Å². The number of rotatable bonds is 4. The van der Waals surface area contributed by atoms with E-state index in [-0.39, 0.29) is 12.1 Å². The SMILES string of the molecule is Nc1nc(NCC2COCCO2)nc(-n2cncn2)n1. The molecule has 1 aliphatic heterocycles. The summed E-state index contributed by atoms with van der Waals surface area (Å²) in [5.74, 6) is 0.768. The first-order valence-electron chi connectivity index (χ1n) is 6.11. The maximum Gasteiger partial charge on any atom is 0.258 e. The van der Waals surface area contributed by atoms with Crippen LogP contribution in [0.4, 0.5) is 11.9 Å². The summed E-state index contributed by atoms with van der Waals surface area (Å²) in [6.07, 6.45) is 2.84. The van der Waals surface area contributed by atoms with Crippen LogP contribution in [0.25, 0.3) is 5.95 Å². The molecule has 106 valence electrons. The predicted octanol–water partition coefficient (Wildman–Crippen LogP) is -1.14. The monoisotopic (exact) mass is 278 g/mol. The fourth-order valence-electron chi connectivity index (χ4n) is 1.73. The van der Waals surface area contributed by atoms with Gasteiger partial charge in [-0.2, -0.15) is 24.7 Å². The van der Waals surface area contributed by atoms with Gasteiger partial charge in [0.1, 0.15) is 12.7 Å². The number of hydrogen-bond donors (Lipinski definition) is 2. The van der Waals surface area contributed by atoms with E-state index in [1.54, 1.807) is 0 Å². The molecular formula is C10H14N8O2. The van der Waals surface area contributed by atoms with Crippen molar-refractivity contribution in [3.63, 3.8) is 0 Å². The molecule has 1 unspecified atom stereocenters. The third kappa shape index (κ3) is 2.97. The highest BCUT2D eigenvalue weighted by atomic mass is 16.6. The highest BCUT2D eigenvalue weighted by molar-refractivity contribution is 5.34. The number of nitrogens with zero attached hydrogens (tertiary/aromatic N) is 6. The Morgan fingerprint density at radius 2 is 2.30 bits per heavy atom. The lowest BCUT2D eigenvalue weighted by molar-refractivity contribution is -0.0819. The van der Waals surface area contributed by atoms with Crippen LogP contribution in [0.1, 0.15) is 0 Å². The second kappa shape index (κ2) is 5.75. The zero-order valence-corrected chi connectivity index (χ0v) is 10.6. The second-order valence-corrected chi connectivity index (χ2v) is 4.11. The first-order chi connectivity index (χ1) is 9.81. The third-order valence-electron chi connectivity index (χ3n) is 2.64. The number of hydrogen-bond acceptors (Lipinski definition) is 9. The number of anilines is 2.